The fraction of sp³-hybridized carbons (Fsp3) is 0.111. The summed E-state index contributed by atoms with van der Waals surface area (Å²) in [6.45, 7) is 0.487. The van der Waals surface area contributed by atoms with E-state index in [1.165, 1.54) is 16.7 Å². The van der Waals surface area contributed by atoms with Crippen molar-refractivity contribution >= 4 is 40.3 Å². The number of para-hydroxylation sites is 1. The molecule has 5 heteroatoms. The van der Waals surface area contributed by atoms with Crippen LogP contribution in [-0.4, -0.2) is 22.2 Å². The van der Waals surface area contributed by atoms with E-state index in [0.717, 1.165) is 16.9 Å². The minimum absolute atomic E-state index is 0.0714. The van der Waals surface area contributed by atoms with Crippen molar-refractivity contribution in [2.75, 3.05) is 7.05 Å². The smallest absolute Gasteiger partial charge is 0.265 e. The normalized spacial score (nSPS) is 16.2. The van der Waals surface area contributed by atoms with E-state index >= 15 is 0 Å². The Kier molecular flexibility index (Phi) is 4.79. The van der Waals surface area contributed by atoms with Crippen LogP contribution in [-0.2, 0) is 11.4 Å². The Bertz CT molecular complexity index is 772. The molecule has 0 unspecified atom stereocenters. The van der Waals surface area contributed by atoms with Crippen molar-refractivity contribution in [2.45, 2.75) is 6.61 Å². The van der Waals surface area contributed by atoms with Gasteiger partial charge in [-0.15, -0.1) is 0 Å². The van der Waals surface area contributed by atoms with Crippen molar-refractivity contribution < 1.29 is 9.53 Å². The lowest BCUT2D eigenvalue weighted by Crippen LogP contribution is -2.22. The summed E-state index contributed by atoms with van der Waals surface area (Å²) in [5.41, 5.74) is 1.97. The number of likely N-dealkylation sites (N-methyl/N-ethyl adjacent to an activating group) is 1. The Balaban J connectivity index is 1.81. The molecule has 23 heavy (non-hydrogen) atoms. The largest absolute Gasteiger partial charge is 0.488 e. The van der Waals surface area contributed by atoms with E-state index in [1.807, 2.05) is 60.7 Å². The second-order valence-corrected chi connectivity index (χ2v) is 6.73. The third kappa shape index (κ3) is 3.63. The zero-order valence-electron chi connectivity index (χ0n) is 12.6. The summed E-state index contributed by atoms with van der Waals surface area (Å²) in [4.78, 5) is 14.2. The quantitative estimate of drug-likeness (QED) is 0.619. The van der Waals surface area contributed by atoms with Crippen LogP contribution in [0.5, 0.6) is 5.75 Å². The lowest BCUT2D eigenvalue weighted by molar-refractivity contribution is -0.121. The molecule has 2 aromatic rings. The maximum atomic E-state index is 12.1. The monoisotopic (exact) mass is 341 g/mol. The molecule has 116 valence electrons. The van der Waals surface area contributed by atoms with E-state index in [-0.39, 0.29) is 5.91 Å². The summed E-state index contributed by atoms with van der Waals surface area (Å²) in [5.74, 6) is 0.676. The van der Waals surface area contributed by atoms with Crippen LogP contribution >= 0.6 is 24.0 Å². The number of benzene rings is 2. The molecule has 0 saturated carbocycles. The number of thioether (sulfide) groups is 1. The van der Waals surface area contributed by atoms with Crippen LogP contribution in [0, 0.1) is 0 Å². The van der Waals surface area contributed by atoms with Gasteiger partial charge in [-0.2, -0.15) is 0 Å². The number of amides is 1. The minimum Gasteiger partial charge on any atom is -0.488 e. The lowest BCUT2D eigenvalue weighted by Gasteiger charge is -2.09. The maximum Gasteiger partial charge on any atom is 0.265 e. The molecule has 1 aliphatic rings. The lowest BCUT2D eigenvalue weighted by atomic mass is 10.2. The van der Waals surface area contributed by atoms with E-state index in [0.29, 0.717) is 15.8 Å². The molecule has 1 fully saturated rings. The molecular formula is C18H15NO2S2. The maximum absolute atomic E-state index is 12.1. The van der Waals surface area contributed by atoms with Crippen LogP contribution in [0.4, 0.5) is 0 Å². The SMILES string of the molecule is CN1C(=O)/C(=C/c2ccccc2OCc2ccccc2)SC1=S. The molecule has 1 amide bonds. The number of thiocarbonyl (C=S) groups is 1. The Morgan fingerprint density at radius 2 is 1.83 bits per heavy atom. The highest BCUT2D eigenvalue weighted by molar-refractivity contribution is 8.26. The fourth-order valence-corrected chi connectivity index (χ4v) is 3.32. The number of hydrogen-bond donors (Lipinski definition) is 0. The third-order valence-electron chi connectivity index (χ3n) is 3.43. The highest BCUT2D eigenvalue weighted by Crippen LogP contribution is 2.33. The van der Waals surface area contributed by atoms with Gasteiger partial charge in [-0.25, -0.2) is 0 Å². The van der Waals surface area contributed by atoms with Gasteiger partial charge in [-0.05, 0) is 17.7 Å². The van der Waals surface area contributed by atoms with Crippen molar-refractivity contribution in [3.05, 3.63) is 70.6 Å². The third-order valence-corrected chi connectivity index (χ3v) is 4.91. The van der Waals surface area contributed by atoms with Gasteiger partial charge in [0.25, 0.3) is 5.91 Å². The van der Waals surface area contributed by atoms with Crippen LogP contribution < -0.4 is 4.74 Å². The zero-order valence-corrected chi connectivity index (χ0v) is 14.2. The van der Waals surface area contributed by atoms with E-state index in [1.54, 1.807) is 7.05 Å². The first-order valence-corrected chi connectivity index (χ1v) is 8.35. The van der Waals surface area contributed by atoms with E-state index in [2.05, 4.69) is 0 Å². The number of ether oxygens (including phenoxy) is 1. The second kappa shape index (κ2) is 6.98. The van der Waals surface area contributed by atoms with Crippen LogP contribution in [0.3, 0.4) is 0 Å². The Morgan fingerprint density at radius 3 is 2.52 bits per heavy atom. The molecule has 0 aromatic heterocycles. The van der Waals surface area contributed by atoms with Crippen molar-refractivity contribution in [1.82, 2.24) is 4.90 Å². The average Bonchev–Trinajstić information content (AvgIpc) is 2.82. The van der Waals surface area contributed by atoms with E-state index < -0.39 is 0 Å². The van der Waals surface area contributed by atoms with Crippen LogP contribution in [0.25, 0.3) is 6.08 Å². The summed E-state index contributed by atoms with van der Waals surface area (Å²) >= 11 is 6.47. The molecule has 0 aliphatic carbocycles. The minimum atomic E-state index is -0.0714. The first-order chi connectivity index (χ1) is 11.1. The molecule has 1 aliphatic heterocycles. The van der Waals surface area contributed by atoms with Gasteiger partial charge in [-0.1, -0.05) is 72.5 Å². The van der Waals surface area contributed by atoms with Crippen molar-refractivity contribution in [3.63, 3.8) is 0 Å². The van der Waals surface area contributed by atoms with Gasteiger partial charge < -0.3 is 4.74 Å². The van der Waals surface area contributed by atoms with Gasteiger partial charge >= 0.3 is 0 Å². The summed E-state index contributed by atoms with van der Waals surface area (Å²) < 4.78 is 6.48. The van der Waals surface area contributed by atoms with Gasteiger partial charge in [0.15, 0.2) is 0 Å². The summed E-state index contributed by atoms with van der Waals surface area (Å²) in [5, 5.41) is 0. The predicted octanol–water partition coefficient (Wildman–Crippen LogP) is 4.10. The number of nitrogens with zero attached hydrogens (tertiary/aromatic N) is 1. The van der Waals surface area contributed by atoms with E-state index in [4.69, 9.17) is 17.0 Å². The Labute approximate surface area is 144 Å². The van der Waals surface area contributed by atoms with Gasteiger partial charge in [0.2, 0.25) is 0 Å². The second-order valence-electron chi connectivity index (χ2n) is 5.05. The van der Waals surface area contributed by atoms with Crippen LogP contribution in [0.15, 0.2) is 59.5 Å². The molecule has 0 N–H and O–H groups in total. The highest BCUT2D eigenvalue weighted by Gasteiger charge is 2.28. The number of hydrogen-bond acceptors (Lipinski definition) is 4. The molecular weight excluding hydrogens is 326 g/mol. The number of rotatable bonds is 4. The molecule has 1 heterocycles. The van der Waals surface area contributed by atoms with Crippen LogP contribution in [0.2, 0.25) is 0 Å². The van der Waals surface area contributed by atoms with Crippen molar-refractivity contribution in [1.29, 1.82) is 0 Å². The Hall–Kier alpha value is -2.11. The molecule has 1 saturated heterocycles. The molecule has 3 nitrogen and oxygen atoms in total. The summed E-state index contributed by atoms with van der Waals surface area (Å²) in [6, 6.07) is 17.7. The number of carbonyl (C=O) groups is 1. The van der Waals surface area contributed by atoms with Crippen molar-refractivity contribution in [2.24, 2.45) is 0 Å². The predicted molar refractivity (Wildman–Crippen MR) is 98.2 cm³/mol. The van der Waals surface area contributed by atoms with Gasteiger partial charge in [0, 0.05) is 12.6 Å². The standard InChI is InChI=1S/C18H15NO2S2/c1-19-17(20)16(23-18(19)22)11-14-9-5-6-10-15(14)21-12-13-7-3-2-4-8-13/h2-11H,12H2,1H3/b16-11-. The van der Waals surface area contributed by atoms with Crippen molar-refractivity contribution in [3.8, 4) is 5.75 Å². The van der Waals surface area contributed by atoms with Crippen LogP contribution in [0.1, 0.15) is 11.1 Å². The first-order valence-electron chi connectivity index (χ1n) is 7.12. The van der Waals surface area contributed by atoms with Gasteiger partial charge in [-0.3, -0.25) is 9.69 Å². The molecule has 0 atom stereocenters. The highest BCUT2D eigenvalue weighted by atomic mass is 32.2. The average molecular weight is 341 g/mol. The summed E-state index contributed by atoms with van der Waals surface area (Å²) in [7, 11) is 1.69. The molecule has 3 rings (SSSR count). The van der Waals surface area contributed by atoms with Gasteiger partial charge in [0.1, 0.15) is 16.7 Å². The zero-order chi connectivity index (χ0) is 16.2. The van der Waals surface area contributed by atoms with E-state index in [9.17, 15) is 4.79 Å². The van der Waals surface area contributed by atoms with Gasteiger partial charge in [0.05, 0.1) is 4.91 Å². The fourth-order valence-electron chi connectivity index (χ4n) is 2.15. The molecule has 0 spiro atoms. The summed E-state index contributed by atoms with van der Waals surface area (Å²) in [6.07, 6.45) is 1.84. The Morgan fingerprint density at radius 1 is 1.13 bits per heavy atom. The topological polar surface area (TPSA) is 29.5 Å². The molecule has 2 aromatic carbocycles. The first kappa shape index (κ1) is 15.8. The molecule has 0 radical (unpaired) electrons. The molecule has 0 bridgehead atoms. The number of carbonyl (C=O) groups excluding carboxylic acids is 1.